The van der Waals surface area contributed by atoms with Gasteiger partial charge in [0.25, 0.3) is 5.91 Å². The standard InChI is InChI=1S/C15H19NO5/c1-3-9-16-13(17)10-21-15-11(7-8-14(18)19)5-4-6-12(15)20-2/h4-8H,3,9-10H2,1-2H3,(H,16,17)(H,18,19)/b8-7+. The van der Waals surface area contributed by atoms with E-state index in [2.05, 4.69) is 5.32 Å². The highest BCUT2D eigenvalue weighted by atomic mass is 16.5. The zero-order chi connectivity index (χ0) is 15.7. The van der Waals surface area contributed by atoms with Crippen molar-refractivity contribution < 1.29 is 24.2 Å². The molecule has 0 spiro atoms. The molecule has 0 unspecified atom stereocenters. The van der Waals surface area contributed by atoms with Crippen molar-refractivity contribution in [2.75, 3.05) is 20.3 Å². The Morgan fingerprint density at radius 2 is 2.14 bits per heavy atom. The van der Waals surface area contributed by atoms with Crippen LogP contribution >= 0.6 is 0 Å². The van der Waals surface area contributed by atoms with Crippen molar-refractivity contribution in [1.82, 2.24) is 5.32 Å². The van der Waals surface area contributed by atoms with Crippen molar-refractivity contribution in [3.05, 3.63) is 29.8 Å². The third-order valence-corrected chi connectivity index (χ3v) is 2.55. The van der Waals surface area contributed by atoms with Crippen molar-refractivity contribution in [3.8, 4) is 11.5 Å². The summed E-state index contributed by atoms with van der Waals surface area (Å²) in [6.45, 7) is 2.38. The van der Waals surface area contributed by atoms with Crippen LogP contribution in [0.2, 0.25) is 0 Å². The molecule has 0 fully saturated rings. The average Bonchev–Trinajstić information content (AvgIpc) is 2.48. The number of carboxylic acids is 1. The van der Waals surface area contributed by atoms with E-state index in [0.717, 1.165) is 12.5 Å². The molecular weight excluding hydrogens is 274 g/mol. The SMILES string of the molecule is CCCNC(=O)COc1c(/C=C/C(=O)O)cccc1OC. The number of hydrogen-bond donors (Lipinski definition) is 2. The minimum Gasteiger partial charge on any atom is -0.493 e. The molecule has 2 N–H and O–H groups in total. The molecular formula is C15H19NO5. The molecule has 1 rings (SSSR count). The number of para-hydroxylation sites is 1. The normalized spacial score (nSPS) is 10.4. The summed E-state index contributed by atoms with van der Waals surface area (Å²) in [6, 6.07) is 5.07. The van der Waals surface area contributed by atoms with Crippen LogP contribution in [0.1, 0.15) is 18.9 Å². The van der Waals surface area contributed by atoms with Crippen molar-refractivity contribution in [3.63, 3.8) is 0 Å². The Bertz CT molecular complexity index is 525. The van der Waals surface area contributed by atoms with Gasteiger partial charge in [0.2, 0.25) is 0 Å². The van der Waals surface area contributed by atoms with Crippen LogP contribution in [0.3, 0.4) is 0 Å². The van der Waals surface area contributed by atoms with Gasteiger partial charge in [0, 0.05) is 18.2 Å². The van der Waals surface area contributed by atoms with Gasteiger partial charge < -0.3 is 19.9 Å². The Labute approximate surface area is 123 Å². The minimum atomic E-state index is -1.07. The summed E-state index contributed by atoms with van der Waals surface area (Å²) in [5, 5.41) is 11.4. The average molecular weight is 293 g/mol. The Balaban J connectivity index is 2.87. The third-order valence-electron chi connectivity index (χ3n) is 2.55. The molecule has 0 heterocycles. The zero-order valence-electron chi connectivity index (χ0n) is 12.1. The summed E-state index contributed by atoms with van der Waals surface area (Å²) >= 11 is 0. The highest BCUT2D eigenvalue weighted by Gasteiger charge is 2.11. The van der Waals surface area contributed by atoms with E-state index in [-0.39, 0.29) is 12.5 Å². The molecule has 6 heteroatoms. The number of carbonyl (C=O) groups excluding carboxylic acids is 1. The largest absolute Gasteiger partial charge is 0.493 e. The van der Waals surface area contributed by atoms with E-state index in [4.69, 9.17) is 14.6 Å². The van der Waals surface area contributed by atoms with Crippen LogP contribution in [0.15, 0.2) is 24.3 Å². The lowest BCUT2D eigenvalue weighted by molar-refractivity contribution is -0.131. The molecule has 0 aromatic heterocycles. The lowest BCUT2D eigenvalue weighted by Gasteiger charge is -2.13. The molecule has 0 saturated heterocycles. The molecule has 114 valence electrons. The van der Waals surface area contributed by atoms with Crippen molar-refractivity contribution in [2.24, 2.45) is 0 Å². The van der Waals surface area contributed by atoms with E-state index in [9.17, 15) is 9.59 Å². The second kappa shape index (κ2) is 8.63. The number of ether oxygens (including phenoxy) is 2. The van der Waals surface area contributed by atoms with Crippen molar-refractivity contribution >= 4 is 18.0 Å². The first kappa shape index (κ1) is 16.6. The van der Waals surface area contributed by atoms with Gasteiger partial charge in [0.05, 0.1) is 7.11 Å². The maximum absolute atomic E-state index is 11.6. The highest BCUT2D eigenvalue weighted by Crippen LogP contribution is 2.31. The monoisotopic (exact) mass is 293 g/mol. The maximum atomic E-state index is 11.6. The predicted molar refractivity (Wildman–Crippen MR) is 78.5 cm³/mol. The number of carbonyl (C=O) groups is 2. The summed E-state index contributed by atoms with van der Waals surface area (Å²) in [6.07, 6.45) is 3.23. The zero-order valence-corrected chi connectivity index (χ0v) is 12.1. The van der Waals surface area contributed by atoms with E-state index >= 15 is 0 Å². The summed E-state index contributed by atoms with van der Waals surface area (Å²) < 4.78 is 10.6. The number of nitrogens with one attached hydrogen (secondary N) is 1. The van der Waals surface area contributed by atoms with Crippen LogP contribution < -0.4 is 14.8 Å². The molecule has 6 nitrogen and oxygen atoms in total. The molecule has 0 saturated carbocycles. The fourth-order valence-electron chi connectivity index (χ4n) is 1.59. The van der Waals surface area contributed by atoms with Crippen LogP contribution in [0.4, 0.5) is 0 Å². The van der Waals surface area contributed by atoms with Gasteiger partial charge in [0.1, 0.15) is 0 Å². The van der Waals surface area contributed by atoms with E-state index < -0.39 is 5.97 Å². The van der Waals surface area contributed by atoms with Gasteiger partial charge in [-0.3, -0.25) is 4.79 Å². The number of hydrogen-bond acceptors (Lipinski definition) is 4. The Morgan fingerprint density at radius 3 is 2.76 bits per heavy atom. The first-order chi connectivity index (χ1) is 10.1. The van der Waals surface area contributed by atoms with Crippen molar-refractivity contribution in [2.45, 2.75) is 13.3 Å². The number of carboxylic acid groups (broad SMARTS) is 1. The molecule has 0 aliphatic rings. The third kappa shape index (κ3) is 5.56. The topological polar surface area (TPSA) is 84.9 Å². The molecule has 1 aromatic carbocycles. The molecule has 1 amide bonds. The molecule has 0 bridgehead atoms. The molecule has 0 radical (unpaired) electrons. The van der Waals surface area contributed by atoms with Crippen LogP contribution in [-0.4, -0.2) is 37.2 Å². The number of benzene rings is 1. The van der Waals surface area contributed by atoms with Crippen LogP contribution in [0.25, 0.3) is 6.08 Å². The van der Waals surface area contributed by atoms with Gasteiger partial charge in [-0.15, -0.1) is 0 Å². The smallest absolute Gasteiger partial charge is 0.328 e. The minimum absolute atomic E-state index is 0.158. The van der Waals surface area contributed by atoms with Gasteiger partial charge in [-0.1, -0.05) is 19.1 Å². The first-order valence-corrected chi connectivity index (χ1v) is 6.56. The second-order valence-electron chi connectivity index (χ2n) is 4.19. The molecule has 0 aliphatic carbocycles. The summed E-state index contributed by atoms with van der Waals surface area (Å²) in [5.74, 6) is -0.532. The van der Waals surface area contributed by atoms with Crippen LogP contribution in [0, 0.1) is 0 Å². The first-order valence-electron chi connectivity index (χ1n) is 6.56. The van der Waals surface area contributed by atoms with E-state index in [1.807, 2.05) is 6.92 Å². The maximum Gasteiger partial charge on any atom is 0.328 e. The summed E-state index contributed by atoms with van der Waals surface area (Å²) in [7, 11) is 1.48. The fraction of sp³-hybridized carbons (Fsp3) is 0.333. The van der Waals surface area contributed by atoms with Gasteiger partial charge in [-0.25, -0.2) is 4.79 Å². The van der Waals surface area contributed by atoms with Gasteiger partial charge in [0.15, 0.2) is 18.1 Å². The van der Waals surface area contributed by atoms with Gasteiger partial charge >= 0.3 is 5.97 Å². The van der Waals surface area contributed by atoms with Crippen LogP contribution in [-0.2, 0) is 9.59 Å². The fourth-order valence-corrected chi connectivity index (χ4v) is 1.59. The lowest BCUT2D eigenvalue weighted by atomic mass is 10.1. The number of rotatable bonds is 8. The van der Waals surface area contributed by atoms with Gasteiger partial charge in [-0.05, 0) is 18.6 Å². The summed E-state index contributed by atoms with van der Waals surface area (Å²) in [4.78, 5) is 22.2. The molecule has 21 heavy (non-hydrogen) atoms. The number of aliphatic carboxylic acids is 1. The molecule has 1 aromatic rings. The van der Waals surface area contributed by atoms with E-state index in [1.165, 1.54) is 13.2 Å². The predicted octanol–water partition coefficient (Wildman–Crippen LogP) is 1.70. The van der Waals surface area contributed by atoms with E-state index in [0.29, 0.717) is 23.6 Å². The van der Waals surface area contributed by atoms with Gasteiger partial charge in [-0.2, -0.15) is 0 Å². The Morgan fingerprint density at radius 1 is 1.38 bits per heavy atom. The Hall–Kier alpha value is -2.50. The van der Waals surface area contributed by atoms with Crippen molar-refractivity contribution in [1.29, 1.82) is 0 Å². The number of amides is 1. The second-order valence-corrected chi connectivity index (χ2v) is 4.19. The Kier molecular flexibility index (Phi) is 6.80. The lowest BCUT2D eigenvalue weighted by Crippen LogP contribution is -2.29. The molecule has 0 aliphatic heterocycles. The van der Waals surface area contributed by atoms with Crippen LogP contribution in [0.5, 0.6) is 11.5 Å². The summed E-state index contributed by atoms with van der Waals surface area (Å²) in [5.41, 5.74) is 0.528. The number of methoxy groups -OCH3 is 1. The molecule has 0 atom stereocenters. The van der Waals surface area contributed by atoms with E-state index in [1.54, 1.807) is 18.2 Å². The highest BCUT2D eigenvalue weighted by molar-refractivity contribution is 5.86. The quantitative estimate of drug-likeness (QED) is 0.713.